The van der Waals surface area contributed by atoms with E-state index < -0.39 is 5.60 Å². The van der Waals surface area contributed by atoms with Gasteiger partial charge in [0.15, 0.2) is 0 Å². The van der Waals surface area contributed by atoms with Gasteiger partial charge in [0.1, 0.15) is 0 Å². The number of hydrogen-bond donors (Lipinski definition) is 2. The molecule has 0 aliphatic heterocycles. The molecule has 0 saturated carbocycles. The number of carbonyl (C=O) groups is 1. The fourth-order valence-corrected chi connectivity index (χ4v) is 2.24. The SMILES string of the molecule is CN(C)CC(C)(O)CNC(=O)/C=C/c1cccs1. The van der Waals surface area contributed by atoms with Gasteiger partial charge in [-0.25, -0.2) is 0 Å². The zero-order chi connectivity index (χ0) is 13.6. The van der Waals surface area contributed by atoms with Crippen LogP contribution in [-0.2, 0) is 4.79 Å². The minimum Gasteiger partial charge on any atom is -0.387 e. The van der Waals surface area contributed by atoms with Crippen LogP contribution in [0.2, 0.25) is 0 Å². The van der Waals surface area contributed by atoms with E-state index in [0.29, 0.717) is 6.54 Å². The number of nitrogens with one attached hydrogen (secondary N) is 1. The van der Waals surface area contributed by atoms with Crippen LogP contribution in [0.25, 0.3) is 6.08 Å². The zero-order valence-corrected chi connectivity index (χ0v) is 11.8. The largest absolute Gasteiger partial charge is 0.387 e. The number of carbonyl (C=O) groups excluding carboxylic acids is 1. The van der Waals surface area contributed by atoms with E-state index in [2.05, 4.69) is 5.32 Å². The Kier molecular flexibility index (Phi) is 5.53. The van der Waals surface area contributed by atoms with E-state index in [1.165, 1.54) is 6.08 Å². The van der Waals surface area contributed by atoms with Crippen molar-refractivity contribution in [2.45, 2.75) is 12.5 Å². The van der Waals surface area contributed by atoms with Crippen molar-refractivity contribution in [2.24, 2.45) is 0 Å². The highest BCUT2D eigenvalue weighted by atomic mass is 32.1. The van der Waals surface area contributed by atoms with Crippen LogP contribution < -0.4 is 5.32 Å². The molecule has 1 unspecified atom stereocenters. The monoisotopic (exact) mass is 268 g/mol. The van der Waals surface area contributed by atoms with Crippen LogP contribution >= 0.6 is 11.3 Å². The van der Waals surface area contributed by atoms with Gasteiger partial charge >= 0.3 is 0 Å². The predicted octanol–water partition coefficient (Wildman–Crippen LogP) is 1.19. The van der Waals surface area contributed by atoms with Crippen LogP contribution in [0.5, 0.6) is 0 Å². The summed E-state index contributed by atoms with van der Waals surface area (Å²) in [6.45, 7) is 2.44. The number of rotatable bonds is 6. The molecule has 1 amide bonds. The van der Waals surface area contributed by atoms with Crippen molar-refractivity contribution in [2.75, 3.05) is 27.2 Å². The Morgan fingerprint density at radius 3 is 2.89 bits per heavy atom. The van der Waals surface area contributed by atoms with Crippen LogP contribution in [0.15, 0.2) is 23.6 Å². The van der Waals surface area contributed by atoms with E-state index in [1.54, 1.807) is 24.3 Å². The van der Waals surface area contributed by atoms with E-state index in [1.807, 2.05) is 36.5 Å². The van der Waals surface area contributed by atoms with E-state index in [0.717, 1.165) is 4.88 Å². The Morgan fingerprint density at radius 1 is 1.61 bits per heavy atom. The van der Waals surface area contributed by atoms with E-state index >= 15 is 0 Å². The maximum Gasteiger partial charge on any atom is 0.244 e. The lowest BCUT2D eigenvalue weighted by Gasteiger charge is -2.26. The maximum absolute atomic E-state index is 11.6. The molecule has 0 aliphatic carbocycles. The first-order valence-electron chi connectivity index (χ1n) is 5.75. The summed E-state index contributed by atoms with van der Waals surface area (Å²) in [5.74, 6) is -0.192. The molecule has 4 nitrogen and oxygen atoms in total. The summed E-state index contributed by atoms with van der Waals surface area (Å²) < 4.78 is 0. The molecule has 18 heavy (non-hydrogen) atoms. The molecular formula is C13H20N2O2S. The van der Waals surface area contributed by atoms with Crippen molar-refractivity contribution in [1.82, 2.24) is 10.2 Å². The molecule has 1 heterocycles. The van der Waals surface area contributed by atoms with E-state index in [4.69, 9.17) is 0 Å². The smallest absolute Gasteiger partial charge is 0.244 e. The molecule has 0 radical (unpaired) electrons. The van der Waals surface area contributed by atoms with Crippen molar-refractivity contribution in [3.8, 4) is 0 Å². The number of aliphatic hydroxyl groups is 1. The van der Waals surface area contributed by atoms with Crippen LogP contribution in [-0.4, -0.2) is 48.7 Å². The van der Waals surface area contributed by atoms with Gasteiger partial charge in [-0.05, 0) is 38.5 Å². The number of amides is 1. The van der Waals surface area contributed by atoms with Crippen molar-refractivity contribution in [3.63, 3.8) is 0 Å². The summed E-state index contributed by atoms with van der Waals surface area (Å²) in [4.78, 5) is 14.5. The van der Waals surface area contributed by atoms with E-state index in [-0.39, 0.29) is 12.5 Å². The van der Waals surface area contributed by atoms with Crippen molar-refractivity contribution < 1.29 is 9.90 Å². The molecule has 0 spiro atoms. The van der Waals surface area contributed by atoms with Gasteiger partial charge < -0.3 is 15.3 Å². The first-order chi connectivity index (χ1) is 8.39. The number of likely N-dealkylation sites (N-methyl/N-ethyl adjacent to an activating group) is 1. The van der Waals surface area contributed by atoms with Crippen molar-refractivity contribution in [1.29, 1.82) is 0 Å². The second-order valence-electron chi connectivity index (χ2n) is 4.80. The van der Waals surface area contributed by atoms with Gasteiger partial charge in [0.25, 0.3) is 0 Å². The minimum atomic E-state index is -0.921. The first-order valence-corrected chi connectivity index (χ1v) is 6.63. The minimum absolute atomic E-state index is 0.192. The van der Waals surface area contributed by atoms with Crippen LogP contribution in [0.3, 0.4) is 0 Å². The van der Waals surface area contributed by atoms with Gasteiger partial charge in [-0.2, -0.15) is 0 Å². The van der Waals surface area contributed by atoms with Gasteiger partial charge in [-0.15, -0.1) is 11.3 Å². The Balaban J connectivity index is 2.37. The van der Waals surface area contributed by atoms with Gasteiger partial charge in [0, 0.05) is 24.0 Å². The number of thiophene rings is 1. The Labute approximate surface area is 112 Å². The molecule has 0 aliphatic rings. The second-order valence-corrected chi connectivity index (χ2v) is 5.78. The highest BCUT2D eigenvalue weighted by molar-refractivity contribution is 7.10. The summed E-state index contributed by atoms with van der Waals surface area (Å²) in [6, 6.07) is 3.88. The van der Waals surface area contributed by atoms with Crippen LogP contribution in [0.1, 0.15) is 11.8 Å². The molecule has 5 heteroatoms. The highest BCUT2D eigenvalue weighted by Gasteiger charge is 2.21. The lowest BCUT2D eigenvalue weighted by atomic mass is 10.1. The highest BCUT2D eigenvalue weighted by Crippen LogP contribution is 2.10. The zero-order valence-electron chi connectivity index (χ0n) is 11.0. The molecule has 0 bridgehead atoms. The first kappa shape index (κ1) is 14.9. The summed E-state index contributed by atoms with van der Waals surface area (Å²) in [5.41, 5.74) is -0.921. The average molecular weight is 268 g/mol. The lowest BCUT2D eigenvalue weighted by molar-refractivity contribution is -0.117. The second kappa shape index (κ2) is 6.68. The summed E-state index contributed by atoms with van der Waals surface area (Å²) >= 11 is 1.57. The summed E-state index contributed by atoms with van der Waals surface area (Å²) in [6.07, 6.45) is 3.25. The molecule has 2 N–H and O–H groups in total. The molecule has 1 rings (SSSR count). The third kappa shape index (κ3) is 5.95. The number of nitrogens with zero attached hydrogens (tertiary/aromatic N) is 1. The Bertz CT molecular complexity index is 397. The molecule has 1 aromatic heterocycles. The Hall–Kier alpha value is -1.17. The van der Waals surface area contributed by atoms with Crippen LogP contribution in [0, 0.1) is 0 Å². The normalized spacial score (nSPS) is 14.9. The van der Waals surface area contributed by atoms with Gasteiger partial charge in [-0.3, -0.25) is 4.79 Å². The standard InChI is InChI=1S/C13H20N2O2S/c1-13(17,10-15(2)3)9-14-12(16)7-6-11-5-4-8-18-11/h4-8,17H,9-10H2,1-3H3,(H,14,16)/b7-6+. The fourth-order valence-electron chi connectivity index (χ4n) is 1.62. The van der Waals surface area contributed by atoms with Gasteiger partial charge in [0.2, 0.25) is 5.91 Å². The predicted molar refractivity (Wildman–Crippen MR) is 75.5 cm³/mol. The van der Waals surface area contributed by atoms with Gasteiger partial charge in [0.05, 0.1) is 5.60 Å². The Morgan fingerprint density at radius 2 is 2.33 bits per heavy atom. The maximum atomic E-state index is 11.6. The fraction of sp³-hybridized carbons (Fsp3) is 0.462. The van der Waals surface area contributed by atoms with Crippen molar-refractivity contribution >= 4 is 23.3 Å². The lowest BCUT2D eigenvalue weighted by Crippen LogP contribution is -2.46. The summed E-state index contributed by atoms with van der Waals surface area (Å²) in [5, 5.41) is 14.7. The molecule has 100 valence electrons. The van der Waals surface area contributed by atoms with E-state index in [9.17, 15) is 9.90 Å². The average Bonchev–Trinajstić information content (AvgIpc) is 2.74. The third-order valence-corrected chi connectivity index (χ3v) is 3.08. The molecule has 1 atom stereocenters. The molecule has 0 aromatic carbocycles. The quantitative estimate of drug-likeness (QED) is 0.762. The number of hydrogen-bond acceptors (Lipinski definition) is 4. The molecular weight excluding hydrogens is 248 g/mol. The van der Waals surface area contributed by atoms with Gasteiger partial charge in [-0.1, -0.05) is 6.07 Å². The van der Waals surface area contributed by atoms with Crippen molar-refractivity contribution in [3.05, 3.63) is 28.5 Å². The third-order valence-electron chi connectivity index (χ3n) is 2.24. The topological polar surface area (TPSA) is 52.6 Å². The molecule has 0 saturated heterocycles. The molecule has 1 aromatic rings. The van der Waals surface area contributed by atoms with Crippen LogP contribution in [0.4, 0.5) is 0 Å². The summed E-state index contributed by atoms with van der Waals surface area (Å²) in [7, 11) is 3.76. The molecule has 0 fully saturated rings.